The highest BCUT2D eigenvalue weighted by Gasteiger charge is 2.54. The van der Waals surface area contributed by atoms with Crippen molar-refractivity contribution in [3.63, 3.8) is 0 Å². The zero-order valence-corrected chi connectivity index (χ0v) is 21.2. The van der Waals surface area contributed by atoms with Crippen LogP contribution in [0.15, 0.2) is 16.6 Å². The summed E-state index contributed by atoms with van der Waals surface area (Å²) in [6.45, 7) is 2.60. The van der Waals surface area contributed by atoms with E-state index in [9.17, 15) is 14.6 Å². The molecule has 6 rings (SSSR count). The van der Waals surface area contributed by atoms with Gasteiger partial charge in [0.1, 0.15) is 11.6 Å². The predicted octanol–water partition coefficient (Wildman–Crippen LogP) is 5.02. The van der Waals surface area contributed by atoms with Gasteiger partial charge in [-0.1, -0.05) is 0 Å². The predicted molar refractivity (Wildman–Crippen MR) is 134 cm³/mol. The van der Waals surface area contributed by atoms with Crippen LogP contribution in [0, 0.1) is 22.6 Å². The summed E-state index contributed by atoms with van der Waals surface area (Å²) < 4.78 is 14.8. The van der Waals surface area contributed by atoms with Crippen LogP contribution in [0.3, 0.4) is 0 Å². The van der Waals surface area contributed by atoms with Crippen molar-refractivity contribution in [1.82, 2.24) is 9.97 Å². The Hall–Kier alpha value is -1.51. The molecule has 6 nitrogen and oxygen atoms in total. The Bertz CT molecular complexity index is 1070. The minimum atomic E-state index is -0.313. The third-order valence-corrected chi connectivity index (χ3v) is 10.0. The Morgan fingerprint density at radius 1 is 1.03 bits per heavy atom. The first kappa shape index (κ1) is 22.9. The van der Waals surface area contributed by atoms with Gasteiger partial charge in [-0.05, 0) is 109 Å². The van der Waals surface area contributed by atoms with Crippen molar-refractivity contribution in [2.45, 2.75) is 76.4 Å². The molecular formula is C26H34BrFN4O2. The van der Waals surface area contributed by atoms with Crippen LogP contribution in [0.25, 0.3) is 10.9 Å². The van der Waals surface area contributed by atoms with Crippen molar-refractivity contribution < 1.29 is 14.6 Å². The molecule has 4 aliphatic rings. The fraction of sp³-hybridized carbons (Fsp3) is 0.692. The first-order valence-corrected chi connectivity index (χ1v) is 13.7. The van der Waals surface area contributed by atoms with Crippen molar-refractivity contribution in [3.8, 4) is 0 Å². The number of aromatic nitrogens is 2. The number of fused-ring (bicyclic) bond motifs is 1. The lowest BCUT2D eigenvalue weighted by Crippen LogP contribution is -2.54. The first-order chi connectivity index (χ1) is 16.3. The molecule has 3 aliphatic carbocycles. The molecule has 2 spiro atoms. The Morgan fingerprint density at radius 3 is 2.41 bits per heavy atom. The number of anilines is 2. The maximum atomic E-state index is 14.4. The maximum Gasteiger partial charge on any atom is 0.227 e. The number of rotatable bonds is 4. The molecule has 0 radical (unpaired) electrons. The molecule has 0 bridgehead atoms. The zero-order chi connectivity index (χ0) is 23.5. The fourth-order valence-corrected chi connectivity index (χ4v) is 7.25. The number of piperidine rings is 1. The largest absolute Gasteiger partial charge is 0.393 e. The van der Waals surface area contributed by atoms with Crippen LogP contribution < -0.4 is 10.2 Å². The summed E-state index contributed by atoms with van der Waals surface area (Å²) in [5.74, 6) is 1.60. The zero-order valence-electron chi connectivity index (χ0n) is 19.6. The first-order valence-electron chi connectivity index (χ1n) is 12.9. The summed E-state index contributed by atoms with van der Waals surface area (Å²) in [6, 6.07) is 3.26. The van der Waals surface area contributed by atoms with Gasteiger partial charge in [0, 0.05) is 25.0 Å². The maximum absolute atomic E-state index is 14.4. The number of halogens is 2. The average Bonchev–Trinajstić information content (AvgIpc) is 2.80. The number of hydrogen-bond donors (Lipinski definition) is 3. The third-order valence-electron chi connectivity index (χ3n) is 9.42. The number of aliphatic hydroxyl groups is 2. The number of nitrogens with one attached hydrogen (secondary N) is 1. The highest BCUT2D eigenvalue weighted by atomic mass is 79.9. The number of nitrogens with zero attached hydrogens (tertiary/aromatic N) is 3. The molecule has 3 saturated carbocycles. The molecule has 2 aromatic rings. The van der Waals surface area contributed by atoms with E-state index in [4.69, 9.17) is 9.97 Å². The van der Waals surface area contributed by atoms with E-state index in [1.165, 1.54) is 6.07 Å². The summed E-state index contributed by atoms with van der Waals surface area (Å²) in [5.41, 5.74) is 1.26. The van der Waals surface area contributed by atoms with Crippen LogP contribution in [-0.4, -0.2) is 52.0 Å². The molecule has 1 atom stereocenters. The summed E-state index contributed by atoms with van der Waals surface area (Å²) in [6.07, 6.45) is 10.2. The molecule has 1 aromatic heterocycles. The normalized spacial score (nSPS) is 28.2. The van der Waals surface area contributed by atoms with Gasteiger partial charge in [-0.3, -0.25) is 0 Å². The van der Waals surface area contributed by atoms with Gasteiger partial charge in [-0.15, -0.1) is 0 Å². The molecule has 1 saturated heterocycles. The molecule has 1 aromatic carbocycles. The lowest BCUT2D eigenvalue weighted by molar-refractivity contribution is -0.140. The van der Waals surface area contributed by atoms with E-state index < -0.39 is 0 Å². The highest BCUT2D eigenvalue weighted by molar-refractivity contribution is 9.10. The Balaban J connectivity index is 1.20. The van der Waals surface area contributed by atoms with Crippen molar-refractivity contribution in [2.24, 2.45) is 16.7 Å². The van der Waals surface area contributed by atoms with E-state index in [0.29, 0.717) is 33.0 Å². The second-order valence-corrected chi connectivity index (χ2v) is 12.3. The van der Waals surface area contributed by atoms with Crippen LogP contribution in [-0.2, 0) is 0 Å². The average molecular weight is 533 g/mol. The monoisotopic (exact) mass is 532 g/mol. The third kappa shape index (κ3) is 3.99. The standard InChI is InChI=1S/C26H34BrFN4O2/c27-19-12-21-18(11-20(19)28)23(29-15-16-13-26(14-16)6-3-22(26)34)31-24(30-21)32-9-7-25(8-10-32)4-1-17(33)2-5-25/h11-12,16-17,22,33-34H,1-10,13-15H2,(H,29,30,31). The summed E-state index contributed by atoms with van der Waals surface area (Å²) in [7, 11) is 0. The minimum absolute atomic E-state index is 0.127. The van der Waals surface area contributed by atoms with Crippen molar-refractivity contribution in [1.29, 1.82) is 0 Å². The highest BCUT2D eigenvalue weighted by Crippen LogP contribution is 2.58. The van der Waals surface area contributed by atoms with Crippen LogP contribution in [0.1, 0.15) is 64.2 Å². The molecule has 8 heteroatoms. The minimum Gasteiger partial charge on any atom is -0.393 e. The van der Waals surface area contributed by atoms with Crippen molar-refractivity contribution in [3.05, 3.63) is 22.4 Å². The Labute approximate surface area is 208 Å². The van der Waals surface area contributed by atoms with Gasteiger partial charge in [0.25, 0.3) is 0 Å². The van der Waals surface area contributed by atoms with E-state index in [1.54, 1.807) is 6.07 Å². The Morgan fingerprint density at radius 2 is 1.76 bits per heavy atom. The molecule has 184 valence electrons. The summed E-state index contributed by atoms with van der Waals surface area (Å²) in [5, 5.41) is 24.2. The molecular weight excluding hydrogens is 499 g/mol. The van der Waals surface area contributed by atoms with Gasteiger partial charge >= 0.3 is 0 Å². The summed E-state index contributed by atoms with van der Waals surface area (Å²) in [4.78, 5) is 12.0. The molecule has 4 fully saturated rings. The van der Waals surface area contributed by atoms with Crippen LogP contribution in [0.5, 0.6) is 0 Å². The van der Waals surface area contributed by atoms with Crippen molar-refractivity contribution >= 4 is 38.6 Å². The van der Waals surface area contributed by atoms with Gasteiger partial charge in [0.15, 0.2) is 0 Å². The van der Waals surface area contributed by atoms with Crippen molar-refractivity contribution in [2.75, 3.05) is 29.9 Å². The second kappa shape index (κ2) is 8.56. The van der Waals surface area contributed by atoms with Crippen LogP contribution >= 0.6 is 15.9 Å². The summed E-state index contributed by atoms with van der Waals surface area (Å²) >= 11 is 3.32. The van der Waals surface area contributed by atoms with Crippen LogP contribution in [0.2, 0.25) is 0 Å². The smallest absolute Gasteiger partial charge is 0.227 e. The molecule has 3 N–H and O–H groups in total. The SMILES string of the molecule is OC1CCC2(CC1)CCN(c1nc(NCC3CC4(CCC4O)C3)c3cc(F)c(Br)cc3n1)CC2. The van der Waals surface area contributed by atoms with Crippen LogP contribution in [0.4, 0.5) is 16.2 Å². The lowest BCUT2D eigenvalue weighted by atomic mass is 9.50. The number of aliphatic hydroxyl groups excluding tert-OH is 2. The van der Waals surface area contributed by atoms with Gasteiger partial charge in [0.05, 0.1) is 22.2 Å². The Kier molecular flexibility index (Phi) is 5.77. The lowest BCUT2D eigenvalue weighted by Gasteiger charge is -2.57. The topological polar surface area (TPSA) is 81.5 Å². The number of hydrogen-bond acceptors (Lipinski definition) is 6. The van der Waals surface area contributed by atoms with E-state index in [-0.39, 0.29) is 23.4 Å². The fourth-order valence-electron chi connectivity index (χ4n) is 6.92. The van der Waals surface area contributed by atoms with E-state index in [2.05, 4.69) is 26.1 Å². The van der Waals surface area contributed by atoms with Gasteiger partial charge in [0.2, 0.25) is 5.95 Å². The number of benzene rings is 1. The van der Waals surface area contributed by atoms with Gasteiger partial charge < -0.3 is 20.4 Å². The molecule has 34 heavy (non-hydrogen) atoms. The quantitative estimate of drug-likeness (QED) is 0.513. The van der Waals surface area contributed by atoms with E-state index in [1.807, 2.05) is 0 Å². The van der Waals surface area contributed by atoms with E-state index in [0.717, 1.165) is 89.4 Å². The molecule has 2 heterocycles. The van der Waals surface area contributed by atoms with E-state index >= 15 is 0 Å². The second-order valence-electron chi connectivity index (χ2n) is 11.4. The van der Waals surface area contributed by atoms with Gasteiger partial charge in [-0.2, -0.15) is 4.98 Å². The molecule has 0 amide bonds. The van der Waals surface area contributed by atoms with Gasteiger partial charge in [-0.25, -0.2) is 9.37 Å². The molecule has 1 aliphatic heterocycles. The molecule has 1 unspecified atom stereocenters.